The predicted octanol–water partition coefficient (Wildman–Crippen LogP) is -0.148. The lowest BCUT2D eigenvalue weighted by molar-refractivity contribution is 0.0912. The Balaban J connectivity index is 2.35. The third-order valence-corrected chi connectivity index (χ3v) is 2.47. The second-order valence-corrected chi connectivity index (χ2v) is 4.24. The number of hydrogen-bond donors (Lipinski definition) is 2. The maximum Gasteiger partial charge on any atom is 0.291 e. The summed E-state index contributed by atoms with van der Waals surface area (Å²) in [5.41, 5.74) is 1.68. The molecule has 0 aromatic carbocycles. The number of nitrogens with zero attached hydrogens (tertiary/aromatic N) is 4. The lowest BCUT2D eigenvalue weighted by Gasteiger charge is -2.07. The molecular weight excluding hydrogens is 234 g/mol. The van der Waals surface area contributed by atoms with Gasteiger partial charge in [-0.05, 0) is 26.8 Å². The van der Waals surface area contributed by atoms with Crippen molar-refractivity contribution in [2.45, 2.75) is 26.8 Å². The van der Waals surface area contributed by atoms with E-state index < -0.39 is 5.91 Å². The van der Waals surface area contributed by atoms with Gasteiger partial charge in [0, 0.05) is 17.4 Å². The average Bonchev–Trinajstić information content (AvgIpc) is 2.72. The molecule has 2 aromatic heterocycles. The first-order valence-electron chi connectivity index (χ1n) is 5.64. The quantitative estimate of drug-likeness (QED) is 0.789. The van der Waals surface area contributed by atoms with Crippen molar-refractivity contribution in [2.75, 3.05) is 6.61 Å². The van der Waals surface area contributed by atoms with Gasteiger partial charge < -0.3 is 10.4 Å². The van der Waals surface area contributed by atoms with Crippen LogP contribution in [0.4, 0.5) is 0 Å². The minimum atomic E-state index is -0.417. The molecule has 0 saturated heterocycles. The summed E-state index contributed by atoms with van der Waals surface area (Å²) in [5, 5.41) is 15.6. The van der Waals surface area contributed by atoms with Crippen LogP contribution in [0.2, 0.25) is 0 Å². The van der Waals surface area contributed by atoms with Crippen molar-refractivity contribution in [2.24, 2.45) is 0 Å². The highest BCUT2D eigenvalue weighted by atomic mass is 16.3. The molecule has 2 N–H and O–H groups in total. The lowest BCUT2D eigenvalue weighted by Crippen LogP contribution is -2.35. The largest absolute Gasteiger partial charge is 0.394 e. The SMILES string of the molecule is Cc1cc(C)n2nc(C(=O)N[C@@H](C)CO)nc2n1. The molecule has 2 aromatic rings. The number of amides is 1. The second kappa shape index (κ2) is 4.69. The molecule has 0 fully saturated rings. The Labute approximate surface area is 104 Å². The smallest absolute Gasteiger partial charge is 0.291 e. The van der Waals surface area contributed by atoms with Crippen molar-refractivity contribution in [3.8, 4) is 0 Å². The number of aliphatic hydroxyl groups is 1. The van der Waals surface area contributed by atoms with E-state index in [0.717, 1.165) is 11.4 Å². The van der Waals surface area contributed by atoms with E-state index in [0.29, 0.717) is 5.78 Å². The van der Waals surface area contributed by atoms with E-state index in [1.807, 2.05) is 19.9 Å². The van der Waals surface area contributed by atoms with E-state index in [1.54, 1.807) is 6.92 Å². The third kappa shape index (κ3) is 2.30. The summed E-state index contributed by atoms with van der Waals surface area (Å²) in [4.78, 5) is 20.1. The molecule has 0 aliphatic carbocycles. The fourth-order valence-electron chi connectivity index (χ4n) is 1.60. The minimum absolute atomic E-state index is 0.0523. The average molecular weight is 249 g/mol. The van der Waals surface area contributed by atoms with Gasteiger partial charge in [0.1, 0.15) is 0 Å². The van der Waals surface area contributed by atoms with Crippen LogP contribution in [-0.2, 0) is 0 Å². The summed E-state index contributed by atoms with van der Waals surface area (Å²) < 4.78 is 1.52. The maximum atomic E-state index is 11.8. The Morgan fingerprint density at radius 3 is 2.89 bits per heavy atom. The van der Waals surface area contributed by atoms with E-state index in [2.05, 4.69) is 20.4 Å². The maximum absolute atomic E-state index is 11.8. The number of hydrogen-bond acceptors (Lipinski definition) is 5. The van der Waals surface area contributed by atoms with Gasteiger partial charge in [-0.1, -0.05) is 0 Å². The summed E-state index contributed by atoms with van der Waals surface area (Å²) >= 11 is 0. The van der Waals surface area contributed by atoms with E-state index in [1.165, 1.54) is 4.52 Å². The monoisotopic (exact) mass is 249 g/mol. The summed E-state index contributed by atoms with van der Waals surface area (Å²) in [6, 6.07) is 1.53. The fourth-order valence-corrected chi connectivity index (χ4v) is 1.60. The Morgan fingerprint density at radius 2 is 2.22 bits per heavy atom. The molecule has 1 atom stereocenters. The van der Waals surface area contributed by atoms with Crippen LogP contribution < -0.4 is 5.32 Å². The highest BCUT2D eigenvalue weighted by Gasteiger charge is 2.16. The third-order valence-electron chi connectivity index (χ3n) is 2.47. The van der Waals surface area contributed by atoms with Gasteiger partial charge in [-0.2, -0.15) is 4.98 Å². The van der Waals surface area contributed by atoms with E-state index in [4.69, 9.17) is 5.11 Å². The van der Waals surface area contributed by atoms with Crippen LogP contribution in [0.5, 0.6) is 0 Å². The minimum Gasteiger partial charge on any atom is -0.394 e. The van der Waals surface area contributed by atoms with Crippen LogP contribution >= 0.6 is 0 Å². The first kappa shape index (κ1) is 12.4. The number of rotatable bonds is 3. The number of nitrogens with one attached hydrogen (secondary N) is 1. The molecule has 0 spiro atoms. The highest BCUT2D eigenvalue weighted by Crippen LogP contribution is 2.05. The first-order chi connectivity index (χ1) is 8.51. The molecule has 0 radical (unpaired) electrons. The number of fused-ring (bicyclic) bond motifs is 1. The molecule has 7 nitrogen and oxygen atoms in total. The van der Waals surface area contributed by atoms with Crippen molar-refractivity contribution in [3.63, 3.8) is 0 Å². The molecule has 0 aliphatic heterocycles. The molecule has 2 heterocycles. The van der Waals surface area contributed by atoms with Crippen molar-refractivity contribution < 1.29 is 9.90 Å². The van der Waals surface area contributed by atoms with Crippen molar-refractivity contribution in [1.82, 2.24) is 24.9 Å². The Hall–Kier alpha value is -2.02. The van der Waals surface area contributed by atoms with Gasteiger partial charge in [0.05, 0.1) is 6.61 Å². The molecule has 7 heteroatoms. The number of carbonyl (C=O) groups is 1. The summed E-state index contributed by atoms with van der Waals surface area (Å²) in [7, 11) is 0. The first-order valence-corrected chi connectivity index (χ1v) is 5.64. The lowest BCUT2D eigenvalue weighted by atomic mass is 10.3. The second-order valence-electron chi connectivity index (χ2n) is 4.24. The van der Waals surface area contributed by atoms with Gasteiger partial charge in [-0.3, -0.25) is 4.79 Å². The van der Waals surface area contributed by atoms with Gasteiger partial charge in [0.25, 0.3) is 11.7 Å². The topological polar surface area (TPSA) is 92.4 Å². The van der Waals surface area contributed by atoms with E-state index in [9.17, 15) is 4.79 Å². The van der Waals surface area contributed by atoms with Gasteiger partial charge >= 0.3 is 0 Å². The number of aliphatic hydroxyl groups excluding tert-OH is 1. The molecule has 0 saturated carbocycles. The normalized spacial score (nSPS) is 12.7. The Bertz CT molecular complexity index is 592. The van der Waals surface area contributed by atoms with Crippen molar-refractivity contribution in [3.05, 3.63) is 23.3 Å². The molecular formula is C11H15N5O2. The number of aryl methyl sites for hydroxylation is 2. The van der Waals surface area contributed by atoms with Crippen molar-refractivity contribution in [1.29, 1.82) is 0 Å². The molecule has 0 bridgehead atoms. The van der Waals surface area contributed by atoms with E-state index in [-0.39, 0.29) is 18.5 Å². The van der Waals surface area contributed by atoms with Gasteiger partial charge in [-0.15, -0.1) is 5.10 Å². The van der Waals surface area contributed by atoms with E-state index >= 15 is 0 Å². The zero-order valence-corrected chi connectivity index (χ0v) is 10.5. The zero-order chi connectivity index (χ0) is 13.3. The molecule has 0 unspecified atom stereocenters. The van der Waals surface area contributed by atoms with Gasteiger partial charge in [-0.25, -0.2) is 9.50 Å². The number of aromatic nitrogens is 4. The van der Waals surface area contributed by atoms with Crippen LogP contribution in [0.1, 0.15) is 28.9 Å². The Morgan fingerprint density at radius 1 is 1.50 bits per heavy atom. The zero-order valence-electron chi connectivity index (χ0n) is 10.5. The fraction of sp³-hybridized carbons (Fsp3) is 0.455. The molecule has 1 amide bonds. The Kier molecular flexibility index (Phi) is 3.24. The molecule has 2 rings (SSSR count). The van der Waals surface area contributed by atoms with Crippen LogP contribution in [0.25, 0.3) is 5.78 Å². The summed E-state index contributed by atoms with van der Waals surface area (Å²) in [5.74, 6) is 0.0323. The van der Waals surface area contributed by atoms with Crippen LogP contribution in [0.3, 0.4) is 0 Å². The predicted molar refractivity (Wildman–Crippen MR) is 64.3 cm³/mol. The van der Waals surface area contributed by atoms with Gasteiger partial charge in [0.2, 0.25) is 5.82 Å². The summed E-state index contributed by atoms with van der Waals surface area (Å²) in [6.07, 6.45) is 0. The van der Waals surface area contributed by atoms with Gasteiger partial charge in [0.15, 0.2) is 0 Å². The van der Waals surface area contributed by atoms with Crippen molar-refractivity contribution >= 4 is 11.7 Å². The van der Waals surface area contributed by atoms with Crippen LogP contribution in [0, 0.1) is 13.8 Å². The standard InChI is InChI=1S/C11H15N5O2/c1-6-4-8(3)16-11(13-6)14-9(15-16)10(18)12-7(2)5-17/h4,7,17H,5H2,1-3H3,(H,12,18)/t7-/m0/s1. The summed E-state index contributed by atoms with van der Waals surface area (Å²) in [6.45, 7) is 5.29. The molecule has 18 heavy (non-hydrogen) atoms. The molecule has 0 aliphatic rings. The molecule has 96 valence electrons. The van der Waals surface area contributed by atoms with Crippen LogP contribution in [-0.4, -0.2) is 43.2 Å². The highest BCUT2D eigenvalue weighted by molar-refractivity contribution is 5.91. The van der Waals surface area contributed by atoms with Crippen LogP contribution in [0.15, 0.2) is 6.07 Å². The number of carbonyl (C=O) groups excluding carboxylic acids is 1.